The van der Waals surface area contributed by atoms with Crippen molar-refractivity contribution in [3.63, 3.8) is 0 Å². The summed E-state index contributed by atoms with van der Waals surface area (Å²) in [7, 11) is 2.17. The molecule has 0 spiro atoms. The number of benzene rings is 2. The zero-order chi connectivity index (χ0) is 17.9. The van der Waals surface area contributed by atoms with Crippen LogP contribution in [0.3, 0.4) is 0 Å². The summed E-state index contributed by atoms with van der Waals surface area (Å²) in [4.78, 5) is 2.34. The fourth-order valence-corrected chi connectivity index (χ4v) is 4.38. The molecule has 1 atom stereocenters. The third-order valence-electron chi connectivity index (χ3n) is 5.82. The molecule has 4 rings (SSSR count). The number of para-hydroxylation sites is 1. The molecular formula is C23H29ClN2. The van der Waals surface area contributed by atoms with E-state index in [-0.39, 0.29) is 6.04 Å². The average Bonchev–Trinajstić information content (AvgIpc) is 3.47. The maximum Gasteiger partial charge on any atom is 0.0600 e. The van der Waals surface area contributed by atoms with Crippen molar-refractivity contribution >= 4 is 17.3 Å². The van der Waals surface area contributed by atoms with Gasteiger partial charge in [-0.15, -0.1) is 0 Å². The van der Waals surface area contributed by atoms with Crippen LogP contribution in [0.25, 0.3) is 0 Å². The number of nitrogens with one attached hydrogen (secondary N) is 1. The van der Waals surface area contributed by atoms with Crippen molar-refractivity contribution in [3.05, 3.63) is 64.2 Å². The molecule has 0 bridgehead atoms. The van der Waals surface area contributed by atoms with E-state index in [0.717, 1.165) is 24.0 Å². The predicted octanol–water partition coefficient (Wildman–Crippen LogP) is 5.94. The fraction of sp³-hybridized carbons (Fsp3) is 0.478. The average molecular weight is 369 g/mol. The molecule has 1 saturated carbocycles. The van der Waals surface area contributed by atoms with Crippen molar-refractivity contribution in [2.24, 2.45) is 5.92 Å². The summed E-state index contributed by atoms with van der Waals surface area (Å²) < 4.78 is 0. The standard InChI is InChI=1S/C23H29ClN2/c1-26-16-18-15-19(24)12-13-20(18)23(21-8-4-5-9-22(21)26)25-14-6-2-3-7-17-10-11-17/h4-5,8-9,12-13,15,17,23,25H,2-3,6-7,10-11,14,16H2,1H3. The Morgan fingerprint density at radius 3 is 2.73 bits per heavy atom. The van der Waals surface area contributed by atoms with Crippen LogP contribution in [-0.4, -0.2) is 13.6 Å². The number of rotatable bonds is 7. The summed E-state index contributed by atoms with van der Waals surface area (Å²) in [6, 6.07) is 15.4. The van der Waals surface area contributed by atoms with Crippen molar-refractivity contribution in [1.82, 2.24) is 5.32 Å². The molecule has 0 saturated heterocycles. The van der Waals surface area contributed by atoms with Crippen molar-refractivity contribution < 1.29 is 0 Å². The van der Waals surface area contributed by atoms with Crippen LogP contribution in [0.2, 0.25) is 5.02 Å². The van der Waals surface area contributed by atoms with E-state index >= 15 is 0 Å². The first-order chi connectivity index (χ1) is 12.7. The molecule has 1 unspecified atom stereocenters. The maximum absolute atomic E-state index is 6.29. The Kier molecular flexibility index (Phi) is 5.52. The molecule has 1 aliphatic heterocycles. The van der Waals surface area contributed by atoms with Gasteiger partial charge in [0.05, 0.1) is 6.04 Å². The Labute approximate surface area is 162 Å². The molecule has 2 aromatic rings. The minimum absolute atomic E-state index is 0.242. The molecule has 1 heterocycles. The largest absolute Gasteiger partial charge is 0.370 e. The molecule has 0 radical (unpaired) electrons. The molecule has 1 fully saturated rings. The van der Waals surface area contributed by atoms with Crippen LogP contribution in [0.5, 0.6) is 0 Å². The van der Waals surface area contributed by atoms with Gasteiger partial charge in [0.2, 0.25) is 0 Å². The molecule has 0 aromatic heterocycles. The zero-order valence-electron chi connectivity index (χ0n) is 15.7. The number of halogens is 1. The van der Waals surface area contributed by atoms with E-state index in [0.29, 0.717) is 0 Å². The molecule has 26 heavy (non-hydrogen) atoms. The monoisotopic (exact) mass is 368 g/mol. The van der Waals surface area contributed by atoms with Gasteiger partial charge in [0.25, 0.3) is 0 Å². The van der Waals surface area contributed by atoms with Gasteiger partial charge in [-0.25, -0.2) is 0 Å². The highest BCUT2D eigenvalue weighted by atomic mass is 35.5. The van der Waals surface area contributed by atoms with Gasteiger partial charge < -0.3 is 10.2 Å². The highest BCUT2D eigenvalue weighted by molar-refractivity contribution is 6.30. The molecule has 2 aromatic carbocycles. The first-order valence-corrected chi connectivity index (χ1v) is 10.4. The van der Waals surface area contributed by atoms with Gasteiger partial charge in [-0.2, -0.15) is 0 Å². The molecule has 0 amide bonds. The second kappa shape index (κ2) is 8.02. The van der Waals surface area contributed by atoms with Crippen LogP contribution in [0.1, 0.15) is 61.3 Å². The van der Waals surface area contributed by atoms with Crippen molar-refractivity contribution in [2.75, 3.05) is 18.5 Å². The molecule has 3 heteroatoms. The lowest BCUT2D eigenvalue weighted by Crippen LogP contribution is -2.24. The Hall–Kier alpha value is -1.51. The third kappa shape index (κ3) is 4.07. The lowest BCUT2D eigenvalue weighted by atomic mass is 9.94. The molecule has 1 N–H and O–H groups in total. The maximum atomic E-state index is 6.29. The summed E-state index contributed by atoms with van der Waals surface area (Å²) in [5.41, 5.74) is 5.37. The smallest absolute Gasteiger partial charge is 0.0600 e. The second-order valence-corrected chi connectivity index (χ2v) is 8.37. The third-order valence-corrected chi connectivity index (χ3v) is 6.05. The number of unbranched alkanes of at least 4 members (excludes halogenated alkanes) is 2. The van der Waals surface area contributed by atoms with Crippen molar-refractivity contribution in [1.29, 1.82) is 0 Å². The van der Waals surface area contributed by atoms with Crippen molar-refractivity contribution in [2.45, 2.75) is 51.1 Å². The second-order valence-electron chi connectivity index (χ2n) is 7.94. The van der Waals surface area contributed by atoms with Gasteiger partial charge >= 0.3 is 0 Å². The minimum atomic E-state index is 0.242. The lowest BCUT2D eigenvalue weighted by molar-refractivity contribution is 0.540. The summed E-state index contributed by atoms with van der Waals surface area (Å²) in [6.07, 6.45) is 8.38. The Bertz CT molecular complexity index is 754. The first kappa shape index (κ1) is 17.9. The van der Waals surface area contributed by atoms with E-state index in [4.69, 9.17) is 11.6 Å². The number of hydrogen-bond donors (Lipinski definition) is 1. The molecule has 2 nitrogen and oxygen atoms in total. The highest BCUT2D eigenvalue weighted by Crippen LogP contribution is 2.37. The molecule has 138 valence electrons. The van der Waals surface area contributed by atoms with E-state index in [1.165, 1.54) is 60.9 Å². The number of hydrogen-bond acceptors (Lipinski definition) is 2. The highest BCUT2D eigenvalue weighted by Gasteiger charge is 2.25. The molecule has 2 aliphatic rings. The van der Waals surface area contributed by atoms with E-state index in [1.807, 2.05) is 6.07 Å². The van der Waals surface area contributed by atoms with E-state index in [1.54, 1.807) is 0 Å². The SMILES string of the molecule is CN1Cc2cc(Cl)ccc2C(NCCCCCC2CC2)c2ccccc21. The van der Waals surface area contributed by atoms with Gasteiger partial charge in [0.15, 0.2) is 0 Å². The molecular weight excluding hydrogens is 340 g/mol. The van der Waals surface area contributed by atoms with Gasteiger partial charge in [-0.1, -0.05) is 68.0 Å². The van der Waals surface area contributed by atoms with E-state index < -0.39 is 0 Å². The van der Waals surface area contributed by atoms with Gasteiger partial charge in [-0.05, 0) is 53.8 Å². The van der Waals surface area contributed by atoms with Crippen LogP contribution in [-0.2, 0) is 6.54 Å². The van der Waals surface area contributed by atoms with Crippen LogP contribution < -0.4 is 10.2 Å². The summed E-state index contributed by atoms with van der Waals surface area (Å²) in [6.45, 7) is 1.96. The topological polar surface area (TPSA) is 15.3 Å². The number of fused-ring (bicyclic) bond motifs is 2. The van der Waals surface area contributed by atoms with Crippen LogP contribution >= 0.6 is 11.6 Å². The number of anilines is 1. The summed E-state index contributed by atoms with van der Waals surface area (Å²) in [5.74, 6) is 1.06. The Morgan fingerprint density at radius 1 is 1.04 bits per heavy atom. The predicted molar refractivity (Wildman–Crippen MR) is 111 cm³/mol. The fourth-order valence-electron chi connectivity index (χ4n) is 4.19. The van der Waals surface area contributed by atoms with Crippen molar-refractivity contribution in [3.8, 4) is 0 Å². The Morgan fingerprint density at radius 2 is 1.88 bits per heavy atom. The first-order valence-electron chi connectivity index (χ1n) is 10.0. The van der Waals surface area contributed by atoms with Crippen LogP contribution in [0.15, 0.2) is 42.5 Å². The summed E-state index contributed by atoms with van der Waals surface area (Å²) in [5, 5.41) is 4.67. The van der Waals surface area contributed by atoms with Gasteiger partial charge in [0.1, 0.15) is 0 Å². The van der Waals surface area contributed by atoms with Gasteiger partial charge in [-0.3, -0.25) is 0 Å². The number of nitrogens with zero attached hydrogens (tertiary/aromatic N) is 1. The summed E-state index contributed by atoms with van der Waals surface area (Å²) >= 11 is 6.29. The molecule has 1 aliphatic carbocycles. The quantitative estimate of drug-likeness (QED) is 0.608. The lowest BCUT2D eigenvalue weighted by Gasteiger charge is -2.23. The van der Waals surface area contributed by atoms with Crippen LogP contribution in [0, 0.1) is 5.92 Å². The van der Waals surface area contributed by atoms with E-state index in [2.05, 4.69) is 53.7 Å². The Balaban J connectivity index is 1.50. The van der Waals surface area contributed by atoms with Crippen LogP contribution in [0.4, 0.5) is 5.69 Å². The normalized spacial score (nSPS) is 19.0. The minimum Gasteiger partial charge on any atom is -0.370 e. The zero-order valence-corrected chi connectivity index (χ0v) is 16.4. The van der Waals surface area contributed by atoms with Gasteiger partial charge in [0, 0.05) is 24.3 Å². The van der Waals surface area contributed by atoms with E-state index in [9.17, 15) is 0 Å².